The highest BCUT2D eigenvalue weighted by atomic mass is 16.6. The van der Waals surface area contributed by atoms with Crippen molar-refractivity contribution in [2.24, 2.45) is 5.92 Å². The first-order valence-electron chi connectivity index (χ1n) is 9.41. The Hall–Kier alpha value is -2.57. The second-order valence-electron chi connectivity index (χ2n) is 8.61. The number of rotatable bonds is 8. The van der Waals surface area contributed by atoms with E-state index in [1.54, 1.807) is 20.8 Å². The maximum atomic E-state index is 12.9. The van der Waals surface area contributed by atoms with Crippen LogP contribution in [-0.2, 0) is 20.7 Å². The van der Waals surface area contributed by atoms with Crippen molar-refractivity contribution in [3.63, 3.8) is 0 Å². The van der Waals surface area contributed by atoms with Crippen LogP contribution in [0.1, 0.15) is 53.5 Å². The number of aliphatic carboxylic acids is 1. The minimum Gasteiger partial charge on any atom is -0.480 e. The van der Waals surface area contributed by atoms with Crippen LogP contribution in [0.25, 0.3) is 0 Å². The minimum absolute atomic E-state index is 0.0628. The van der Waals surface area contributed by atoms with E-state index in [1.165, 1.54) is 6.92 Å². The van der Waals surface area contributed by atoms with Crippen molar-refractivity contribution >= 4 is 18.0 Å². The first kappa shape index (κ1) is 23.5. The van der Waals surface area contributed by atoms with Gasteiger partial charge in [0.15, 0.2) is 0 Å². The topological polar surface area (TPSA) is 105 Å². The van der Waals surface area contributed by atoms with Gasteiger partial charge in [0, 0.05) is 6.42 Å². The van der Waals surface area contributed by atoms with Crippen molar-refractivity contribution in [2.45, 2.75) is 71.6 Å². The number of alkyl carbamates (subject to hydrolysis) is 1. The SMILES string of the molecule is CC(C)CC(C)(NC(=O)C(Cc1ccccc1)NC(=O)OC(C)(C)C)C(=O)O. The molecule has 156 valence electrons. The summed E-state index contributed by atoms with van der Waals surface area (Å²) in [5.41, 5.74) is -1.32. The van der Waals surface area contributed by atoms with E-state index in [9.17, 15) is 19.5 Å². The van der Waals surface area contributed by atoms with Gasteiger partial charge in [-0.2, -0.15) is 0 Å². The Morgan fingerprint density at radius 1 is 1.07 bits per heavy atom. The van der Waals surface area contributed by atoms with E-state index in [0.29, 0.717) is 0 Å². The molecule has 0 aliphatic carbocycles. The lowest BCUT2D eigenvalue weighted by molar-refractivity contribution is -0.148. The van der Waals surface area contributed by atoms with E-state index in [0.717, 1.165) is 5.56 Å². The third-order valence-electron chi connectivity index (χ3n) is 3.98. The molecule has 7 nitrogen and oxygen atoms in total. The Morgan fingerprint density at radius 3 is 2.11 bits per heavy atom. The summed E-state index contributed by atoms with van der Waals surface area (Å²) in [6.07, 6.45) is -0.258. The van der Waals surface area contributed by atoms with Crippen LogP contribution in [0.4, 0.5) is 4.79 Å². The zero-order chi connectivity index (χ0) is 21.5. The smallest absolute Gasteiger partial charge is 0.408 e. The first-order valence-corrected chi connectivity index (χ1v) is 9.41. The average molecular weight is 392 g/mol. The molecular formula is C21H32N2O5. The molecule has 0 fully saturated rings. The van der Waals surface area contributed by atoms with E-state index >= 15 is 0 Å². The molecule has 2 unspecified atom stereocenters. The lowest BCUT2D eigenvalue weighted by atomic mass is 9.90. The second-order valence-corrected chi connectivity index (χ2v) is 8.61. The summed E-state index contributed by atoms with van der Waals surface area (Å²) in [6, 6.07) is 8.21. The van der Waals surface area contributed by atoms with Gasteiger partial charge in [-0.25, -0.2) is 9.59 Å². The second kappa shape index (κ2) is 9.57. The molecule has 0 aliphatic heterocycles. The monoisotopic (exact) mass is 392 g/mol. The molecule has 1 aromatic carbocycles. The zero-order valence-corrected chi connectivity index (χ0v) is 17.5. The summed E-state index contributed by atoms with van der Waals surface area (Å²) >= 11 is 0. The van der Waals surface area contributed by atoms with Crippen molar-refractivity contribution in [2.75, 3.05) is 0 Å². The van der Waals surface area contributed by atoms with Crippen LogP contribution in [0.15, 0.2) is 30.3 Å². The largest absolute Gasteiger partial charge is 0.480 e. The fourth-order valence-electron chi connectivity index (χ4n) is 2.88. The highest BCUT2D eigenvalue weighted by Gasteiger charge is 2.38. The number of carboxylic acid groups (broad SMARTS) is 1. The van der Waals surface area contributed by atoms with E-state index in [1.807, 2.05) is 44.2 Å². The fourth-order valence-corrected chi connectivity index (χ4v) is 2.88. The maximum Gasteiger partial charge on any atom is 0.408 e. The van der Waals surface area contributed by atoms with Gasteiger partial charge >= 0.3 is 12.1 Å². The van der Waals surface area contributed by atoms with Gasteiger partial charge in [0.2, 0.25) is 5.91 Å². The molecule has 1 rings (SSSR count). The summed E-state index contributed by atoms with van der Waals surface area (Å²) < 4.78 is 5.25. The predicted molar refractivity (Wildman–Crippen MR) is 107 cm³/mol. The molecule has 0 radical (unpaired) electrons. The number of nitrogens with one attached hydrogen (secondary N) is 2. The van der Waals surface area contributed by atoms with Gasteiger partial charge in [0.05, 0.1) is 0 Å². The molecule has 7 heteroatoms. The molecule has 28 heavy (non-hydrogen) atoms. The van der Waals surface area contributed by atoms with Gasteiger partial charge in [-0.1, -0.05) is 44.2 Å². The van der Waals surface area contributed by atoms with E-state index < -0.39 is 35.2 Å². The predicted octanol–water partition coefficient (Wildman–Crippen LogP) is 3.13. The van der Waals surface area contributed by atoms with Gasteiger partial charge in [-0.05, 0) is 45.6 Å². The average Bonchev–Trinajstić information content (AvgIpc) is 2.52. The quantitative estimate of drug-likeness (QED) is 0.630. The van der Waals surface area contributed by atoms with Gasteiger partial charge in [-0.15, -0.1) is 0 Å². The molecule has 0 saturated carbocycles. The normalized spacial score (nSPS) is 14.7. The molecule has 1 aromatic rings. The number of amides is 2. The summed E-state index contributed by atoms with van der Waals surface area (Å²) in [5.74, 6) is -1.63. The summed E-state index contributed by atoms with van der Waals surface area (Å²) in [6.45, 7) is 10.4. The number of benzene rings is 1. The molecule has 2 atom stereocenters. The van der Waals surface area contributed by atoms with Gasteiger partial charge < -0.3 is 20.5 Å². The van der Waals surface area contributed by atoms with Gasteiger partial charge in [0.1, 0.15) is 17.2 Å². The Bertz CT molecular complexity index is 682. The van der Waals surface area contributed by atoms with Crippen molar-refractivity contribution in [3.05, 3.63) is 35.9 Å². The molecule has 0 heterocycles. The van der Waals surface area contributed by atoms with Crippen LogP contribution in [-0.4, -0.2) is 40.3 Å². The van der Waals surface area contributed by atoms with Crippen LogP contribution >= 0.6 is 0 Å². The van der Waals surface area contributed by atoms with Crippen molar-refractivity contribution < 1.29 is 24.2 Å². The van der Waals surface area contributed by atoms with E-state index in [2.05, 4.69) is 10.6 Å². The standard InChI is InChI=1S/C21H32N2O5/c1-14(2)13-21(6,18(25)26)23-17(24)16(12-15-10-8-7-9-11-15)22-19(27)28-20(3,4)5/h7-11,14,16H,12-13H2,1-6H3,(H,22,27)(H,23,24)(H,25,26). The number of ether oxygens (including phenoxy) is 1. The summed E-state index contributed by atoms with van der Waals surface area (Å²) in [4.78, 5) is 36.9. The number of carboxylic acids is 1. The highest BCUT2D eigenvalue weighted by molar-refractivity contribution is 5.91. The molecular weight excluding hydrogens is 360 g/mol. The highest BCUT2D eigenvalue weighted by Crippen LogP contribution is 2.18. The van der Waals surface area contributed by atoms with Crippen LogP contribution in [0.2, 0.25) is 0 Å². The molecule has 3 N–H and O–H groups in total. The molecule has 0 spiro atoms. The molecule has 0 saturated heterocycles. The number of carbonyl (C=O) groups excluding carboxylic acids is 2. The minimum atomic E-state index is -1.43. The molecule has 0 aromatic heterocycles. The van der Waals surface area contributed by atoms with Crippen LogP contribution in [0.3, 0.4) is 0 Å². The van der Waals surface area contributed by atoms with Gasteiger partial charge in [0.25, 0.3) is 0 Å². The van der Waals surface area contributed by atoms with Gasteiger partial charge in [-0.3, -0.25) is 4.79 Å². The fraction of sp³-hybridized carbons (Fsp3) is 0.571. The third kappa shape index (κ3) is 7.98. The number of hydrogen-bond donors (Lipinski definition) is 3. The first-order chi connectivity index (χ1) is 12.8. The summed E-state index contributed by atoms with van der Waals surface area (Å²) in [7, 11) is 0. The number of hydrogen-bond acceptors (Lipinski definition) is 4. The zero-order valence-electron chi connectivity index (χ0n) is 17.5. The Kier molecular flexibility index (Phi) is 8.02. The lowest BCUT2D eigenvalue weighted by Gasteiger charge is -2.30. The Labute approximate surface area is 166 Å². The Balaban J connectivity index is 3.03. The van der Waals surface area contributed by atoms with Crippen molar-refractivity contribution in [3.8, 4) is 0 Å². The Morgan fingerprint density at radius 2 is 1.64 bits per heavy atom. The van der Waals surface area contributed by atoms with E-state index in [4.69, 9.17) is 4.74 Å². The van der Waals surface area contributed by atoms with Crippen LogP contribution < -0.4 is 10.6 Å². The van der Waals surface area contributed by atoms with E-state index in [-0.39, 0.29) is 18.8 Å². The van der Waals surface area contributed by atoms with Crippen molar-refractivity contribution in [1.29, 1.82) is 0 Å². The van der Waals surface area contributed by atoms with Crippen molar-refractivity contribution in [1.82, 2.24) is 10.6 Å². The molecule has 0 aliphatic rings. The third-order valence-corrected chi connectivity index (χ3v) is 3.98. The lowest BCUT2D eigenvalue weighted by Crippen LogP contribution is -2.59. The number of carbonyl (C=O) groups is 3. The van der Waals surface area contributed by atoms with Crippen LogP contribution in [0.5, 0.6) is 0 Å². The van der Waals surface area contributed by atoms with Crippen LogP contribution in [0, 0.1) is 5.92 Å². The molecule has 2 amide bonds. The maximum absolute atomic E-state index is 12.9. The summed E-state index contributed by atoms with van der Waals surface area (Å²) in [5, 5.41) is 14.8. The molecule has 0 bridgehead atoms.